The normalized spacial score (nSPS) is 19.8. The van der Waals surface area contributed by atoms with Crippen LogP contribution < -0.4 is 0 Å². The first-order valence-electron chi connectivity index (χ1n) is 3.96. The van der Waals surface area contributed by atoms with Crippen molar-refractivity contribution in [1.29, 1.82) is 0 Å². The van der Waals surface area contributed by atoms with Gasteiger partial charge in [0, 0.05) is 6.42 Å². The maximum absolute atomic E-state index is 3.96. The van der Waals surface area contributed by atoms with Gasteiger partial charge in [-0.1, -0.05) is 38.7 Å². The third-order valence-corrected chi connectivity index (χ3v) is 2.02. The Balaban J connectivity index is 2.71. The van der Waals surface area contributed by atoms with Crippen molar-refractivity contribution < 1.29 is 0 Å². The molecule has 11 heavy (non-hydrogen) atoms. The summed E-state index contributed by atoms with van der Waals surface area (Å²) in [6, 6.07) is 0. The Hall–Kier alpha value is -0.780. The van der Waals surface area contributed by atoms with Crippen LogP contribution in [0, 0.1) is 19.3 Å². The van der Waals surface area contributed by atoms with Crippen LogP contribution in [0.2, 0.25) is 0 Å². The SMILES string of the molecule is [CH2]CC(C)C1=C[CH]C=CC1=C. The van der Waals surface area contributed by atoms with Crippen LogP contribution in [0.5, 0.6) is 0 Å². The third kappa shape index (κ3) is 1.83. The lowest BCUT2D eigenvalue weighted by Crippen LogP contribution is -2.01. The summed E-state index contributed by atoms with van der Waals surface area (Å²) in [5.74, 6) is 0.531. The molecule has 0 N–H and O–H groups in total. The smallest absolute Gasteiger partial charge is 0.00539 e. The van der Waals surface area contributed by atoms with Crippen molar-refractivity contribution in [2.75, 3.05) is 0 Å². The zero-order chi connectivity index (χ0) is 8.27. The van der Waals surface area contributed by atoms with Crippen molar-refractivity contribution >= 4 is 0 Å². The summed E-state index contributed by atoms with van der Waals surface area (Å²) in [6.45, 7) is 10.0. The van der Waals surface area contributed by atoms with Crippen LogP contribution in [-0.4, -0.2) is 0 Å². The van der Waals surface area contributed by atoms with Crippen molar-refractivity contribution in [3.8, 4) is 0 Å². The predicted molar refractivity (Wildman–Crippen MR) is 49.8 cm³/mol. The first-order chi connectivity index (χ1) is 5.25. The monoisotopic (exact) mass is 146 g/mol. The Labute approximate surface area is 69.3 Å². The van der Waals surface area contributed by atoms with Crippen molar-refractivity contribution in [3.05, 3.63) is 49.3 Å². The number of allylic oxidation sites excluding steroid dienone is 5. The van der Waals surface area contributed by atoms with E-state index in [0.717, 1.165) is 12.0 Å². The molecule has 0 aromatic carbocycles. The molecular weight excluding hydrogens is 132 g/mol. The molecule has 0 bridgehead atoms. The van der Waals surface area contributed by atoms with Crippen LogP contribution in [0.4, 0.5) is 0 Å². The van der Waals surface area contributed by atoms with Crippen LogP contribution in [0.3, 0.4) is 0 Å². The third-order valence-electron chi connectivity index (χ3n) is 2.02. The molecule has 0 aromatic heterocycles. The maximum atomic E-state index is 3.96. The Kier molecular flexibility index (Phi) is 2.70. The van der Waals surface area contributed by atoms with Gasteiger partial charge >= 0.3 is 0 Å². The fourth-order valence-corrected chi connectivity index (χ4v) is 1.17. The minimum Gasteiger partial charge on any atom is -0.0915 e. The summed E-state index contributed by atoms with van der Waals surface area (Å²) < 4.78 is 0. The van der Waals surface area contributed by atoms with E-state index in [1.165, 1.54) is 5.57 Å². The van der Waals surface area contributed by atoms with E-state index in [2.05, 4.69) is 32.9 Å². The van der Waals surface area contributed by atoms with Gasteiger partial charge in [-0.05, 0) is 23.5 Å². The van der Waals surface area contributed by atoms with Gasteiger partial charge in [-0.25, -0.2) is 0 Å². The number of hydrogen-bond donors (Lipinski definition) is 0. The second-order valence-electron chi connectivity index (χ2n) is 2.89. The van der Waals surface area contributed by atoms with Crippen LogP contribution in [0.25, 0.3) is 0 Å². The lowest BCUT2D eigenvalue weighted by molar-refractivity contribution is 0.702. The molecule has 0 nitrogen and oxygen atoms in total. The maximum Gasteiger partial charge on any atom is 0.00539 e. The predicted octanol–water partition coefficient (Wildman–Crippen LogP) is 3.10. The van der Waals surface area contributed by atoms with Crippen molar-refractivity contribution in [3.63, 3.8) is 0 Å². The molecule has 1 unspecified atom stereocenters. The Morgan fingerprint density at radius 3 is 2.82 bits per heavy atom. The van der Waals surface area contributed by atoms with E-state index in [9.17, 15) is 0 Å². The van der Waals surface area contributed by atoms with Crippen molar-refractivity contribution in [2.45, 2.75) is 13.3 Å². The summed E-state index contributed by atoms with van der Waals surface area (Å²) in [6.07, 6.45) is 9.17. The molecular formula is C11H14. The standard InChI is InChI=1S/C11H14/c1-4-9(2)11-8-6-5-7-10(11)3/h5-9H,1,3-4H2,2H3. The topological polar surface area (TPSA) is 0 Å². The van der Waals surface area contributed by atoms with Gasteiger partial charge in [0.1, 0.15) is 0 Å². The molecule has 0 amide bonds. The molecule has 2 radical (unpaired) electrons. The summed E-state index contributed by atoms with van der Waals surface area (Å²) in [4.78, 5) is 0. The van der Waals surface area contributed by atoms with E-state index in [1.807, 2.05) is 12.2 Å². The quantitative estimate of drug-likeness (QED) is 0.561. The Morgan fingerprint density at radius 2 is 2.27 bits per heavy atom. The fourth-order valence-electron chi connectivity index (χ4n) is 1.17. The fraction of sp³-hybridized carbons (Fsp3) is 0.273. The van der Waals surface area contributed by atoms with Crippen LogP contribution in [0.1, 0.15) is 13.3 Å². The highest BCUT2D eigenvalue weighted by molar-refractivity contribution is 5.45. The van der Waals surface area contributed by atoms with Gasteiger partial charge in [-0.15, -0.1) is 0 Å². The van der Waals surface area contributed by atoms with Gasteiger partial charge in [0.05, 0.1) is 0 Å². The lowest BCUT2D eigenvalue weighted by atomic mass is 9.89. The molecule has 0 heteroatoms. The molecule has 0 saturated carbocycles. The average molecular weight is 146 g/mol. The Morgan fingerprint density at radius 1 is 1.55 bits per heavy atom. The largest absolute Gasteiger partial charge is 0.0915 e. The molecule has 58 valence electrons. The molecule has 0 aromatic rings. The number of rotatable bonds is 2. The van der Waals surface area contributed by atoms with Gasteiger partial charge in [-0.2, -0.15) is 0 Å². The highest BCUT2D eigenvalue weighted by atomic mass is 14.1. The van der Waals surface area contributed by atoms with E-state index in [0.29, 0.717) is 5.92 Å². The molecule has 0 heterocycles. The highest BCUT2D eigenvalue weighted by Crippen LogP contribution is 2.25. The van der Waals surface area contributed by atoms with E-state index >= 15 is 0 Å². The van der Waals surface area contributed by atoms with Crippen molar-refractivity contribution in [1.82, 2.24) is 0 Å². The average Bonchev–Trinajstić information content (AvgIpc) is 2.04. The summed E-state index contributed by atoms with van der Waals surface area (Å²) in [5, 5.41) is 0. The second kappa shape index (κ2) is 3.56. The molecule has 0 spiro atoms. The first kappa shape index (κ1) is 8.32. The van der Waals surface area contributed by atoms with Crippen LogP contribution in [-0.2, 0) is 0 Å². The minimum absolute atomic E-state index is 0.531. The van der Waals surface area contributed by atoms with Gasteiger partial charge in [0.15, 0.2) is 0 Å². The van der Waals surface area contributed by atoms with Crippen molar-refractivity contribution in [2.24, 2.45) is 5.92 Å². The summed E-state index contributed by atoms with van der Waals surface area (Å²) in [7, 11) is 0. The van der Waals surface area contributed by atoms with Gasteiger partial charge in [0.2, 0.25) is 0 Å². The van der Waals surface area contributed by atoms with Gasteiger partial charge in [-0.3, -0.25) is 0 Å². The molecule has 1 rings (SSSR count). The van der Waals surface area contributed by atoms with E-state index in [4.69, 9.17) is 0 Å². The molecule has 0 aliphatic heterocycles. The molecule has 0 fully saturated rings. The van der Waals surface area contributed by atoms with E-state index in [-0.39, 0.29) is 0 Å². The summed E-state index contributed by atoms with van der Waals surface area (Å²) >= 11 is 0. The second-order valence-corrected chi connectivity index (χ2v) is 2.89. The van der Waals surface area contributed by atoms with Crippen LogP contribution in [0.15, 0.2) is 36.0 Å². The van der Waals surface area contributed by atoms with E-state index < -0.39 is 0 Å². The Bertz CT molecular complexity index is 206. The molecule has 1 aliphatic carbocycles. The lowest BCUT2D eigenvalue weighted by Gasteiger charge is -2.16. The van der Waals surface area contributed by atoms with Crippen LogP contribution >= 0.6 is 0 Å². The van der Waals surface area contributed by atoms with Gasteiger partial charge in [0.25, 0.3) is 0 Å². The van der Waals surface area contributed by atoms with E-state index in [1.54, 1.807) is 0 Å². The first-order valence-corrected chi connectivity index (χ1v) is 3.96. The molecule has 0 saturated heterocycles. The molecule has 1 aliphatic rings. The number of hydrogen-bond acceptors (Lipinski definition) is 0. The molecule has 1 atom stereocenters. The zero-order valence-corrected chi connectivity index (χ0v) is 7.01. The minimum atomic E-state index is 0.531. The van der Waals surface area contributed by atoms with Gasteiger partial charge < -0.3 is 0 Å². The highest BCUT2D eigenvalue weighted by Gasteiger charge is 2.09. The zero-order valence-electron chi connectivity index (χ0n) is 7.01. The summed E-state index contributed by atoms with van der Waals surface area (Å²) in [5.41, 5.74) is 2.45.